The lowest BCUT2D eigenvalue weighted by Crippen LogP contribution is -2.62. The van der Waals surface area contributed by atoms with E-state index in [9.17, 15) is 35.9 Å². The Morgan fingerprint density at radius 1 is 0.857 bits per heavy atom. The van der Waals surface area contributed by atoms with Crippen LogP contribution in [0.2, 0.25) is 0 Å². The van der Waals surface area contributed by atoms with Gasteiger partial charge in [0.15, 0.2) is 0 Å². The van der Waals surface area contributed by atoms with Crippen LogP contribution in [0.4, 0.5) is 26.3 Å². The van der Waals surface area contributed by atoms with Gasteiger partial charge in [-0.1, -0.05) is 24.3 Å². The van der Waals surface area contributed by atoms with Crippen molar-refractivity contribution in [2.75, 3.05) is 19.6 Å². The molecule has 3 heterocycles. The quantitative estimate of drug-likeness (QED) is 0.330. The predicted octanol–water partition coefficient (Wildman–Crippen LogP) is 6.18. The van der Waals surface area contributed by atoms with Crippen molar-refractivity contribution in [1.29, 1.82) is 0 Å². The SMILES string of the molecule is Cl.O=C(c1cnccc1C(F)(F)F)N1CCCC(Oc2ccc(C(F)(F)F)cc2)(C(=O)N2CCc3ccccc3C2)C1. The Bertz CT molecular complexity index is 1450. The fourth-order valence-corrected chi connectivity index (χ4v) is 5.37. The van der Waals surface area contributed by atoms with Gasteiger partial charge in [-0.05, 0) is 60.7 Å². The number of ether oxygens (including phenoxy) is 1. The molecule has 2 aromatic carbocycles. The number of nitrogens with zero attached hydrogens (tertiary/aromatic N) is 3. The first-order valence-corrected chi connectivity index (χ1v) is 12.9. The molecule has 1 atom stereocenters. The molecule has 1 fully saturated rings. The molecule has 5 rings (SSSR count). The number of pyridine rings is 1. The van der Waals surface area contributed by atoms with E-state index < -0.39 is 53.0 Å². The second-order valence-electron chi connectivity index (χ2n) is 10.1. The molecule has 2 amide bonds. The molecule has 0 spiro atoms. The fraction of sp³-hybridized carbons (Fsp3) is 0.345. The van der Waals surface area contributed by atoms with E-state index in [0.29, 0.717) is 19.0 Å². The zero-order chi connectivity index (χ0) is 29.4. The van der Waals surface area contributed by atoms with Crippen LogP contribution in [0.25, 0.3) is 0 Å². The summed E-state index contributed by atoms with van der Waals surface area (Å²) in [7, 11) is 0. The van der Waals surface area contributed by atoms with Crippen molar-refractivity contribution in [3.63, 3.8) is 0 Å². The van der Waals surface area contributed by atoms with Crippen LogP contribution in [0.15, 0.2) is 67.0 Å². The standard InChI is InChI=1S/C29H25F6N3O3.ClH/c30-28(31,32)21-6-8-22(9-7-21)41-27(26(40)37-15-11-19-4-1-2-5-20(19)17-37)12-3-14-38(18-27)25(39)23-16-36-13-10-24(23)29(33,34)35;/h1-2,4-10,13,16H,3,11-12,14-15,17-18H2;1H. The lowest BCUT2D eigenvalue weighted by molar-refractivity contribution is -0.153. The first-order chi connectivity index (χ1) is 19.4. The Hall–Kier alpha value is -3.80. The van der Waals surface area contributed by atoms with Gasteiger partial charge in [-0.25, -0.2) is 0 Å². The van der Waals surface area contributed by atoms with Crippen LogP contribution in [0.1, 0.15) is 45.5 Å². The van der Waals surface area contributed by atoms with Gasteiger partial charge in [0.25, 0.3) is 11.8 Å². The third-order valence-electron chi connectivity index (χ3n) is 7.40. The molecule has 0 N–H and O–H groups in total. The van der Waals surface area contributed by atoms with Crippen LogP contribution >= 0.6 is 12.4 Å². The number of carbonyl (C=O) groups excluding carboxylic acids is 2. The maximum atomic E-state index is 14.1. The van der Waals surface area contributed by atoms with Gasteiger partial charge in [0, 0.05) is 32.0 Å². The van der Waals surface area contributed by atoms with Crippen molar-refractivity contribution in [1.82, 2.24) is 14.8 Å². The molecule has 0 bridgehead atoms. The number of piperidine rings is 1. The highest BCUT2D eigenvalue weighted by molar-refractivity contribution is 5.96. The largest absolute Gasteiger partial charge is 0.476 e. The third-order valence-corrected chi connectivity index (χ3v) is 7.40. The molecule has 0 aliphatic carbocycles. The molecule has 0 saturated carbocycles. The number of likely N-dealkylation sites (tertiary alicyclic amines) is 1. The van der Waals surface area contributed by atoms with Crippen molar-refractivity contribution in [2.45, 2.75) is 43.8 Å². The zero-order valence-electron chi connectivity index (χ0n) is 22.0. The van der Waals surface area contributed by atoms with Crippen molar-refractivity contribution in [2.24, 2.45) is 0 Å². The normalized spacial score (nSPS) is 19.0. The molecule has 6 nitrogen and oxygen atoms in total. The van der Waals surface area contributed by atoms with E-state index in [4.69, 9.17) is 4.74 Å². The summed E-state index contributed by atoms with van der Waals surface area (Å²) in [6.07, 6.45) is -6.74. The van der Waals surface area contributed by atoms with Gasteiger partial charge in [0.05, 0.1) is 23.2 Å². The highest BCUT2D eigenvalue weighted by Crippen LogP contribution is 2.36. The minimum atomic E-state index is -4.81. The summed E-state index contributed by atoms with van der Waals surface area (Å²) in [6, 6.07) is 12.1. The number of aromatic nitrogens is 1. The molecule has 1 aromatic heterocycles. The Kier molecular flexibility index (Phi) is 8.77. The number of rotatable bonds is 4. The Morgan fingerprint density at radius 2 is 1.55 bits per heavy atom. The first kappa shape index (κ1) is 31.1. The minimum Gasteiger partial charge on any atom is -0.476 e. The summed E-state index contributed by atoms with van der Waals surface area (Å²) in [5.41, 5.74) is -2.47. The first-order valence-electron chi connectivity index (χ1n) is 12.9. The number of carbonyl (C=O) groups is 2. The summed E-state index contributed by atoms with van der Waals surface area (Å²) in [5.74, 6) is -1.50. The smallest absolute Gasteiger partial charge is 0.417 e. The van der Waals surface area contributed by atoms with Crippen molar-refractivity contribution >= 4 is 24.2 Å². The van der Waals surface area contributed by atoms with Crippen LogP contribution in [-0.2, 0) is 30.1 Å². The fourth-order valence-electron chi connectivity index (χ4n) is 5.37. The molecular weight excluding hydrogens is 588 g/mol. The van der Waals surface area contributed by atoms with Crippen molar-refractivity contribution in [3.05, 3.63) is 94.8 Å². The van der Waals surface area contributed by atoms with Gasteiger partial charge in [0.2, 0.25) is 5.60 Å². The number of halogens is 7. The highest BCUT2D eigenvalue weighted by Gasteiger charge is 2.49. The van der Waals surface area contributed by atoms with E-state index in [0.717, 1.165) is 52.7 Å². The summed E-state index contributed by atoms with van der Waals surface area (Å²) < 4.78 is 86.5. The van der Waals surface area contributed by atoms with E-state index >= 15 is 0 Å². The summed E-state index contributed by atoms with van der Waals surface area (Å²) >= 11 is 0. The topological polar surface area (TPSA) is 62.7 Å². The molecule has 2 aliphatic heterocycles. The van der Waals surface area contributed by atoms with Gasteiger partial charge < -0.3 is 14.5 Å². The predicted molar refractivity (Wildman–Crippen MR) is 142 cm³/mol. The minimum absolute atomic E-state index is 0. The molecule has 13 heteroatoms. The summed E-state index contributed by atoms with van der Waals surface area (Å²) in [5, 5.41) is 0. The van der Waals surface area contributed by atoms with Crippen LogP contribution in [0, 0.1) is 0 Å². The maximum absolute atomic E-state index is 14.1. The zero-order valence-corrected chi connectivity index (χ0v) is 22.9. The van der Waals surface area contributed by atoms with Crippen LogP contribution in [-0.4, -0.2) is 51.8 Å². The van der Waals surface area contributed by atoms with Crippen molar-refractivity contribution in [3.8, 4) is 5.75 Å². The molecule has 2 aliphatic rings. The molecule has 1 saturated heterocycles. The summed E-state index contributed by atoms with van der Waals surface area (Å²) in [4.78, 5) is 33.9. The Morgan fingerprint density at radius 3 is 2.21 bits per heavy atom. The van der Waals surface area contributed by atoms with E-state index in [2.05, 4.69) is 4.98 Å². The summed E-state index contributed by atoms with van der Waals surface area (Å²) in [6.45, 7) is 0.250. The average Bonchev–Trinajstić information content (AvgIpc) is 2.95. The van der Waals surface area contributed by atoms with Gasteiger partial charge >= 0.3 is 12.4 Å². The third kappa shape index (κ3) is 6.33. The average molecular weight is 614 g/mol. The second-order valence-corrected chi connectivity index (χ2v) is 10.1. The number of hydrogen-bond donors (Lipinski definition) is 0. The highest BCUT2D eigenvalue weighted by atomic mass is 35.5. The van der Waals surface area contributed by atoms with Crippen molar-refractivity contribution < 1.29 is 40.7 Å². The van der Waals surface area contributed by atoms with Crippen LogP contribution in [0.5, 0.6) is 5.75 Å². The second kappa shape index (κ2) is 11.8. The number of fused-ring (bicyclic) bond motifs is 1. The molecule has 224 valence electrons. The lowest BCUT2D eigenvalue weighted by atomic mass is 9.88. The number of alkyl halides is 6. The van der Waals surface area contributed by atoms with Crippen LogP contribution < -0.4 is 4.74 Å². The lowest BCUT2D eigenvalue weighted by Gasteiger charge is -2.44. The van der Waals surface area contributed by atoms with E-state index in [1.165, 1.54) is 0 Å². The molecule has 42 heavy (non-hydrogen) atoms. The van der Waals surface area contributed by atoms with Gasteiger partial charge in [-0.15, -0.1) is 12.4 Å². The molecule has 1 unspecified atom stereocenters. The van der Waals surface area contributed by atoms with Gasteiger partial charge in [-0.2, -0.15) is 26.3 Å². The Labute approximate surface area is 243 Å². The van der Waals surface area contributed by atoms with Gasteiger partial charge in [-0.3, -0.25) is 14.6 Å². The molecular formula is C29H26ClF6N3O3. The molecule has 3 aromatic rings. The maximum Gasteiger partial charge on any atom is 0.417 e. The van der Waals surface area contributed by atoms with Gasteiger partial charge in [0.1, 0.15) is 5.75 Å². The Balaban J connectivity index is 0.00000405. The molecule has 0 radical (unpaired) electrons. The van der Waals surface area contributed by atoms with E-state index in [1.807, 2.05) is 24.3 Å². The number of hydrogen-bond acceptors (Lipinski definition) is 4. The van der Waals surface area contributed by atoms with E-state index in [-0.39, 0.29) is 44.1 Å². The number of benzene rings is 2. The van der Waals surface area contributed by atoms with E-state index in [1.54, 1.807) is 4.90 Å². The van der Waals surface area contributed by atoms with Crippen LogP contribution in [0.3, 0.4) is 0 Å². The monoisotopic (exact) mass is 613 g/mol. The number of amides is 2.